The fourth-order valence-corrected chi connectivity index (χ4v) is 2.87. The zero-order valence-corrected chi connectivity index (χ0v) is 15.9. The van der Waals surface area contributed by atoms with Crippen LogP contribution in [0.2, 0.25) is 0 Å². The number of halogens is 5. The molecular weight excluding hydrogens is 421 g/mol. The number of hydrogen-bond acceptors (Lipinski definition) is 3. The molecule has 9 heteroatoms. The van der Waals surface area contributed by atoms with Crippen LogP contribution in [0.4, 0.5) is 27.6 Å². The number of alkyl halides is 3. The SMILES string of the molecule is COC(=O)c1cc(NC(=O)c2ccccc2-c2ccc(C(F)(F)F)cc2)c(F)cc1F. The van der Waals surface area contributed by atoms with Gasteiger partial charge in [-0.05, 0) is 35.4 Å². The number of rotatable bonds is 4. The first-order valence-electron chi connectivity index (χ1n) is 8.77. The second kappa shape index (κ2) is 8.55. The first-order chi connectivity index (χ1) is 14.6. The van der Waals surface area contributed by atoms with E-state index < -0.39 is 46.5 Å². The van der Waals surface area contributed by atoms with Crippen molar-refractivity contribution in [2.45, 2.75) is 6.18 Å². The number of carbonyl (C=O) groups is 2. The first kappa shape index (κ1) is 21.9. The minimum absolute atomic E-state index is 0.0330. The summed E-state index contributed by atoms with van der Waals surface area (Å²) in [5.74, 6) is -4.15. The van der Waals surface area contributed by atoms with Gasteiger partial charge in [0, 0.05) is 11.6 Å². The van der Waals surface area contributed by atoms with E-state index >= 15 is 0 Å². The highest BCUT2D eigenvalue weighted by Crippen LogP contribution is 2.32. The normalized spacial score (nSPS) is 11.2. The molecule has 0 atom stereocenters. The van der Waals surface area contributed by atoms with Crippen LogP contribution in [-0.2, 0) is 10.9 Å². The highest BCUT2D eigenvalue weighted by molar-refractivity contribution is 6.09. The number of hydrogen-bond donors (Lipinski definition) is 1. The third-order valence-electron chi connectivity index (χ3n) is 4.41. The Morgan fingerprint density at radius 2 is 1.52 bits per heavy atom. The standard InChI is InChI=1S/C22H14F5NO3/c1-31-21(30)16-10-19(18(24)11-17(16)23)28-20(29)15-5-3-2-4-14(15)12-6-8-13(9-7-12)22(25,26)27/h2-11H,1H3,(H,28,29). The third-order valence-corrected chi connectivity index (χ3v) is 4.41. The molecule has 31 heavy (non-hydrogen) atoms. The molecule has 3 rings (SSSR count). The van der Waals surface area contributed by atoms with Crippen LogP contribution >= 0.6 is 0 Å². The molecule has 1 N–H and O–H groups in total. The number of amides is 1. The van der Waals surface area contributed by atoms with Crippen LogP contribution in [0.5, 0.6) is 0 Å². The van der Waals surface area contributed by atoms with E-state index in [2.05, 4.69) is 10.1 Å². The zero-order chi connectivity index (χ0) is 22.8. The van der Waals surface area contributed by atoms with Crippen LogP contribution < -0.4 is 5.32 Å². The van der Waals surface area contributed by atoms with Crippen LogP contribution in [0.25, 0.3) is 11.1 Å². The van der Waals surface area contributed by atoms with E-state index in [0.717, 1.165) is 25.3 Å². The molecule has 1 amide bonds. The lowest BCUT2D eigenvalue weighted by atomic mass is 9.98. The Kier molecular flexibility index (Phi) is 6.05. The summed E-state index contributed by atoms with van der Waals surface area (Å²) in [7, 11) is 1.02. The van der Waals surface area contributed by atoms with Crippen molar-refractivity contribution >= 4 is 17.6 Å². The monoisotopic (exact) mass is 435 g/mol. The quantitative estimate of drug-likeness (QED) is 0.423. The lowest BCUT2D eigenvalue weighted by Gasteiger charge is -2.13. The zero-order valence-electron chi connectivity index (χ0n) is 15.9. The van der Waals surface area contributed by atoms with E-state index in [4.69, 9.17) is 0 Å². The minimum Gasteiger partial charge on any atom is -0.465 e. The summed E-state index contributed by atoms with van der Waals surface area (Å²) in [4.78, 5) is 24.4. The number of nitrogens with one attached hydrogen (secondary N) is 1. The van der Waals surface area contributed by atoms with Crippen molar-refractivity contribution < 1.29 is 36.3 Å². The topological polar surface area (TPSA) is 55.4 Å². The van der Waals surface area contributed by atoms with E-state index in [9.17, 15) is 31.5 Å². The fraction of sp³-hybridized carbons (Fsp3) is 0.0909. The second-order valence-corrected chi connectivity index (χ2v) is 6.38. The van der Waals surface area contributed by atoms with Crippen LogP contribution in [0.1, 0.15) is 26.3 Å². The maximum atomic E-state index is 14.1. The molecule has 0 aromatic heterocycles. The van der Waals surface area contributed by atoms with E-state index in [0.29, 0.717) is 17.2 Å². The molecule has 0 unspecified atom stereocenters. The second-order valence-electron chi connectivity index (χ2n) is 6.38. The average Bonchev–Trinajstić information content (AvgIpc) is 2.74. The number of methoxy groups -OCH3 is 1. The first-order valence-corrected chi connectivity index (χ1v) is 8.77. The molecule has 0 aliphatic rings. The summed E-state index contributed by atoms with van der Waals surface area (Å²) in [5.41, 5.74) is -1.23. The van der Waals surface area contributed by atoms with Gasteiger partial charge in [-0.25, -0.2) is 13.6 Å². The smallest absolute Gasteiger partial charge is 0.416 e. The summed E-state index contributed by atoms with van der Waals surface area (Å²) in [6.45, 7) is 0. The van der Waals surface area contributed by atoms with Crippen molar-refractivity contribution in [2.75, 3.05) is 12.4 Å². The van der Waals surface area contributed by atoms with Gasteiger partial charge in [0.1, 0.15) is 11.6 Å². The van der Waals surface area contributed by atoms with Gasteiger partial charge in [-0.2, -0.15) is 13.2 Å². The summed E-state index contributed by atoms with van der Waals surface area (Å²) in [6, 6.07) is 11.4. The molecule has 3 aromatic rings. The Morgan fingerprint density at radius 1 is 0.871 bits per heavy atom. The van der Waals surface area contributed by atoms with Crippen molar-refractivity contribution in [3.05, 3.63) is 89.0 Å². The minimum atomic E-state index is -4.51. The van der Waals surface area contributed by atoms with Gasteiger partial charge in [0.2, 0.25) is 0 Å². The molecule has 0 saturated carbocycles. The van der Waals surface area contributed by atoms with Crippen molar-refractivity contribution in [2.24, 2.45) is 0 Å². The van der Waals surface area contributed by atoms with Crippen molar-refractivity contribution in [3.8, 4) is 11.1 Å². The van der Waals surface area contributed by atoms with Gasteiger partial charge in [0.15, 0.2) is 0 Å². The average molecular weight is 435 g/mol. The number of esters is 1. The highest BCUT2D eigenvalue weighted by atomic mass is 19.4. The van der Waals surface area contributed by atoms with Crippen LogP contribution in [0.15, 0.2) is 60.7 Å². The molecule has 0 radical (unpaired) electrons. The molecule has 4 nitrogen and oxygen atoms in total. The number of carbonyl (C=O) groups excluding carboxylic acids is 2. The maximum absolute atomic E-state index is 14.1. The molecule has 0 spiro atoms. The van der Waals surface area contributed by atoms with E-state index in [1.165, 1.54) is 30.3 Å². The van der Waals surface area contributed by atoms with Crippen LogP contribution in [0, 0.1) is 11.6 Å². The largest absolute Gasteiger partial charge is 0.465 e. The number of anilines is 1. The molecule has 0 aliphatic carbocycles. The Balaban J connectivity index is 1.95. The molecule has 3 aromatic carbocycles. The number of benzene rings is 3. The highest BCUT2D eigenvalue weighted by Gasteiger charge is 2.30. The predicted octanol–water partition coefficient (Wildman–Crippen LogP) is 5.69. The van der Waals surface area contributed by atoms with Gasteiger partial charge in [0.25, 0.3) is 5.91 Å². The predicted molar refractivity (Wildman–Crippen MR) is 103 cm³/mol. The third kappa shape index (κ3) is 4.71. The van der Waals surface area contributed by atoms with E-state index in [-0.39, 0.29) is 5.56 Å². The summed E-state index contributed by atoms with van der Waals surface area (Å²) >= 11 is 0. The Labute approximate surface area is 173 Å². The summed E-state index contributed by atoms with van der Waals surface area (Å²) < 4.78 is 70.7. The Hall–Kier alpha value is -3.75. The molecule has 0 aliphatic heterocycles. The van der Waals surface area contributed by atoms with Gasteiger partial charge in [-0.3, -0.25) is 4.79 Å². The van der Waals surface area contributed by atoms with Crippen molar-refractivity contribution in [3.63, 3.8) is 0 Å². The molecular formula is C22H14F5NO3. The van der Waals surface area contributed by atoms with Crippen molar-refractivity contribution in [1.29, 1.82) is 0 Å². The maximum Gasteiger partial charge on any atom is 0.416 e. The molecule has 0 heterocycles. The Bertz CT molecular complexity index is 1140. The van der Waals surface area contributed by atoms with Gasteiger partial charge >= 0.3 is 12.1 Å². The van der Waals surface area contributed by atoms with Crippen LogP contribution in [-0.4, -0.2) is 19.0 Å². The summed E-state index contributed by atoms with van der Waals surface area (Å²) in [5, 5.41) is 2.25. The Morgan fingerprint density at radius 3 is 2.13 bits per heavy atom. The molecule has 0 saturated heterocycles. The number of ether oxygens (including phenoxy) is 1. The molecule has 0 bridgehead atoms. The van der Waals surface area contributed by atoms with Gasteiger partial charge in [-0.1, -0.05) is 30.3 Å². The summed E-state index contributed by atoms with van der Waals surface area (Å²) in [6.07, 6.45) is -4.51. The van der Waals surface area contributed by atoms with E-state index in [1.54, 1.807) is 6.07 Å². The van der Waals surface area contributed by atoms with Crippen LogP contribution in [0.3, 0.4) is 0 Å². The van der Waals surface area contributed by atoms with Crippen molar-refractivity contribution in [1.82, 2.24) is 0 Å². The molecule has 0 fully saturated rings. The fourth-order valence-electron chi connectivity index (χ4n) is 2.87. The molecule has 160 valence electrons. The van der Waals surface area contributed by atoms with E-state index in [1.807, 2.05) is 0 Å². The van der Waals surface area contributed by atoms with Gasteiger partial charge < -0.3 is 10.1 Å². The lowest BCUT2D eigenvalue weighted by Crippen LogP contribution is -2.16. The lowest BCUT2D eigenvalue weighted by molar-refractivity contribution is -0.137. The van der Waals surface area contributed by atoms with Gasteiger partial charge in [0.05, 0.1) is 23.9 Å². The van der Waals surface area contributed by atoms with Gasteiger partial charge in [-0.15, -0.1) is 0 Å².